The molecule has 0 aliphatic rings. The van der Waals surface area contributed by atoms with E-state index in [0.29, 0.717) is 6.04 Å². The molecule has 3 heteroatoms. The van der Waals surface area contributed by atoms with Crippen LogP contribution in [-0.4, -0.2) is 12.0 Å². The molecule has 1 aromatic carbocycles. The minimum Gasteiger partial charge on any atom is -0.312 e. The van der Waals surface area contributed by atoms with Crippen LogP contribution < -0.4 is 5.32 Å². The number of aryl methyl sites for hydroxylation is 2. The molecular formula is C14H18N2S. The molecule has 0 spiro atoms. The first-order valence-corrected chi connectivity index (χ1v) is 6.72. The Hall–Kier alpha value is -1.19. The summed E-state index contributed by atoms with van der Waals surface area (Å²) in [5.74, 6) is 0. The normalized spacial score (nSPS) is 12.6. The number of rotatable bonds is 4. The minimum atomic E-state index is 0.364. The zero-order valence-corrected chi connectivity index (χ0v) is 11.3. The molecule has 0 bridgehead atoms. The topological polar surface area (TPSA) is 24.9 Å². The Balaban J connectivity index is 2.22. The third-order valence-electron chi connectivity index (χ3n) is 3.13. The highest BCUT2D eigenvalue weighted by Crippen LogP contribution is 2.25. The Morgan fingerprint density at radius 2 is 2.06 bits per heavy atom. The van der Waals surface area contributed by atoms with Gasteiger partial charge in [-0.3, -0.25) is 0 Å². The zero-order valence-electron chi connectivity index (χ0n) is 10.5. The van der Waals surface area contributed by atoms with E-state index >= 15 is 0 Å². The van der Waals surface area contributed by atoms with Crippen molar-refractivity contribution in [1.82, 2.24) is 10.3 Å². The summed E-state index contributed by atoms with van der Waals surface area (Å²) in [6.07, 6.45) is 1.02. The lowest BCUT2D eigenvalue weighted by molar-refractivity contribution is 0.596. The summed E-state index contributed by atoms with van der Waals surface area (Å²) in [5.41, 5.74) is 5.82. The molecule has 2 nitrogen and oxygen atoms in total. The molecule has 0 saturated heterocycles. The third-order valence-corrected chi connectivity index (χ3v) is 4.18. The fourth-order valence-electron chi connectivity index (χ4n) is 2.03. The molecule has 2 aromatic rings. The van der Waals surface area contributed by atoms with Gasteiger partial charge in [0.1, 0.15) is 0 Å². The van der Waals surface area contributed by atoms with E-state index in [1.54, 1.807) is 11.3 Å². The van der Waals surface area contributed by atoms with Gasteiger partial charge in [-0.15, -0.1) is 11.3 Å². The van der Waals surface area contributed by atoms with Crippen LogP contribution in [0.25, 0.3) is 0 Å². The number of hydrogen-bond donors (Lipinski definition) is 1. The van der Waals surface area contributed by atoms with Gasteiger partial charge in [0.2, 0.25) is 0 Å². The highest BCUT2D eigenvalue weighted by atomic mass is 32.1. The van der Waals surface area contributed by atoms with Gasteiger partial charge in [0.25, 0.3) is 0 Å². The molecule has 1 atom stereocenters. The van der Waals surface area contributed by atoms with Crippen molar-refractivity contribution in [2.75, 3.05) is 7.05 Å². The van der Waals surface area contributed by atoms with E-state index in [4.69, 9.17) is 0 Å². The van der Waals surface area contributed by atoms with Crippen molar-refractivity contribution in [3.05, 3.63) is 51.5 Å². The number of nitrogens with zero attached hydrogens (tertiary/aromatic N) is 1. The van der Waals surface area contributed by atoms with Gasteiger partial charge in [-0.2, -0.15) is 0 Å². The first-order valence-electron chi connectivity index (χ1n) is 5.84. The Morgan fingerprint density at radius 3 is 2.65 bits per heavy atom. The van der Waals surface area contributed by atoms with Crippen LogP contribution in [0.5, 0.6) is 0 Å². The second-order valence-electron chi connectivity index (χ2n) is 4.27. The monoisotopic (exact) mass is 246 g/mol. The summed E-state index contributed by atoms with van der Waals surface area (Å²) in [6, 6.07) is 8.93. The van der Waals surface area contributed by atoms with Crippen LogP contribution in [-0.2, 0) is 6.42 Å². The van der Waals surface area contributed by atoms with Gasteiger partial charge >= 0.3 is 0 Å². The fraction of sp³-hybridized carbons (Fsp3) is 0.357. The molecule has 0 fully saturated rings. The van der Waals surface area contributed by atoms with Crippen molar-refractivity contribution < 1.29 is 0 Å². The zero-order chi connectivity index (χ0) is 12.3. The maximum Gasteiger partial charge on any atom is 0.0798 e. The Bertz CT molecular complexity index is 490. The molecule has 2 rings (SSSR count). The molecule has 0 aliphatic heterocycles. The lowest BCUT2D eigenvalue weighted by Gasteiger charge is -2.16. The molecule has 1 aromatic heterocycles. The van der Waals surface area contributed by atoms with Crippen LogP contribution in [0.15, 0.2) is 29.8 Å². The maximum absolute atomic E-state index is 4.33. The second kappa shape index (κ2) is 5.43. The van der Waals surface area contributed by atoms with Crippen molar-refractivity contribution in [3.63, 3.8) is 0 Å². The number of benzene rings is 1. The molecule has 1 N–H and O–H groups in total. The van der Waals surface area contributed by atoms with E-state index < -0.39 is 0 Å². The van der Waals surface area contributed by atoms with E-state index in [0.717, 1.165) is 12.1 Å². The average Bonchev–Trinajstić information content (AvgIpc) is 2.75. The maximum atomic E-state index is 4.33. The fourth-order valence-corrected chi connectivity index (χ4v) is 2.94. The average molecular weight is 246 g/mol. The Labute approximate surface area is 107 Å². The first-order chi connectivity index (χ1) is 8.22. The predicted molar refractivity (Wildman–Crippen MR) is 73.5 cm³/mol. The number of aromatic nitrogens is 1. The van der Waals surface area contributed by atoms with Crippen LogP contribution >= 0.6 is 11.3 Å². The molecule has 1 heterocycles. The highest BCUT2D eigenvalue weighted by Gasteiger charge is 2.15. The summed E-state index contributed by atoms with van der Waals surface area (Å²) in [6.45, 7) is 4.25. The third kappa shape index (κ3) is 2.73. The predicted octanol–water partition coefficient (Wildman–Crippen LogP) is 3.26. The summed E-state index contributed by atoms with van der Waals surface area (Å²) in [7, 11) is 2.02. The molecule has 1 unspecified atom stereocenters. The molecular weight excluding hydrogens is 228 g/mol. The first kappa shape index (κ1) is 12.3. The molecule has 0 aliphatic carbocycles. The van der Waals surface area contributed by atoms with Crippen molar-refractivity contribution in [2.45, 2.75) is 26.3 Å². The van der Waals surface area contributed by atoms with Crippen LogP contribution in [0.3, 0.4) is 0 Å². The molecule has 0 amide bonds. The summed E-state index contributed by atoms with van der Waals surface area (Å²) in [5, 5.41) is 3.39. The summed E-state index contributed by atoms with van der Waals surface area (Å²) < 4.78 is 0. The minimum absolute atomic E-state index is 0.364. The Kier molecular flexibility index (Phi) is 3.92. The SMILES string of the molecule is CNC(Cc1ccccc1C)c1scnc1C. The number of thiazole rings is 1. The van der Waals surface area contributed by atoms with Gasteiger partial charge in [-0.1, -0.05) is 24.3 Å². The number of nitrogens with one attached hydrogen (secondary N) is 1. The van der Waals surface area contributed by atoms with Crippen LogP contribution in [0.2, 0.25) is 0 Å². The smallest absolute Gasteiger partial charge is 0.0798 e. The van der Waals surface area contributed by atoms with Gasteiger partial charge in [0.05, 0.1) is 11.2 Å². The number of hydrogen-bond acceptors (Lipinski definition) is 3. The van der Waals surface area contributed by atoms with Crippen LogP contribution in [0.1, 0.15) is 27.7 Å². The van der Waals surface area contributed by atoms with Crippen LogP contribution in [0.4, 0.5) is 0 Å². The largest absolute Gasteiger partial charge is 0.312 e. The second-order valence-corrected chi connectivity index (χ2v) is 5.16. The van der Waals surface area contributed by atoms with E-state index in [9.17, 15) is 0 Å². The van der Waals surface area contributed by atoms with E-state index in [1.807, 2.05) is 12.6 Å². The van der Waals surface area contributed by atoms with Gasteiger partial charge < -0.3 is 5.32 Å². The van der Waals surface area contributed by atoms with E-state index in [-0.39, 0.29) is 0 Å². The summed E-state index contributed by atoms with van der Waals surface area (Å²) in [4.78, 5) is 5.67. The van der Waals surface area contributed by atoms with Crippen molar-refractivity contribution >= 4 is 11.3 Å². The van der Waals surface area contributed by atoms with Crippen LogP contribution in [0, 0.1) is 13.8 Å². The molecule has 90 valence electrons. The van der Waals surface area contributed by atoms with Gasteiger partial charge in [-0.05, 0) is 38.4 Å². The lowest BCUT2D eigenvalue weighted by Crippen LogP contribution is -2.19. The van der Waals surface area contributed by atoms with Crippen molar-refractivity contribution in [2.24, 2.45) is 0 Å². The highest BCUT2D eigenvalue weighted by molar-refractivity contribution is 7.09. The summed E-state index contributed by atoms with van der Waals surface area (Å²) >= 11 is 1.73. The van der Waals surface area contributed by atoms with Gasteiger partial charge in [0.15, 0.2) is 0 Å². The van der Waals surface area contributed by atoms with Gasteiger partial charge in [-0.25, -0.2) is 4.98 Å². The standard InChI is InChI=1S/C14H18N2S/c1-10-6-4-5-7-12(10)8-13(15-3)14-11(2)16-9-17-14/h4-7,9,13,15H,8H2,1-3H3. The quantitative estimate of drug-likeness (QED) is 0.895. The molecule has 0 saturated carbocycles. The van der Waals surface area contributed by atoms with E-state index in [2.05, 4.69) is 48.4 Å². The van der Waals surface area contributed by atoms with E-state index in [1.165, 1.54) is 16.0 Å². The van der Waals surface area contributed by atoms with Gasteiger partial charge in [0, 0.05) is 10.9 Å². The van der Waals surface area contributed by atoms with Crippen molar-refractivity contribution in [3.8, 4) is 0 Å². The molecule has 17 heavy (non-hydrogen) atoms. The molecule has 0 radical (unpaired) electrons. The number of likely N-dealkylation sites (N-methyl/N-ethyl adjacent to an activating group) is 1. The Morgan fingerprint density at radius 1 is 1.29 bits per heavy atom. The van der Waals surface area contributed by atoms with Crippen molar-refractivity contribution in [1.29, 1.82) is 0 Å². The lowest BCUT2D eigenvalue weighted by atomic mass is 10.00.